The average Bonchev–Trinajstić information content (AvgIpc) is 2.37. The van der Waals surface area contributed by atoms with Gasteiger partial charge in [0.2, 0.25) is 5.91 Å². The molecule has 0 saturated heterocycles. The molecule has 1 aromatic carbocycles. The molecule has 0 aromatic heterocycles. The van der Waals surface area contributed by atoms with Gasteiger partial charge in [-0.3, -0.25) is 4.79 Å². The van der Waals surface area contributed by atoms with E-state index < -0.39 is 0 Å². The van der Waals surface area contributed by atoms with Crippen molar-refractivity contribution in [1.82, 2.24) is 5.32 Å². The Hall–Kier alpha value is -1.35. The van der Waals surface area contributed by atoms with Crippen LogP contribution < -0.4 is 10.2 Å². The van der Waals surface area contributed by atoms with Crippen LogP contribution in [0.15, 0.2) is 18.2 Å². The fraction of sp³-hybridized carbons (Fsp3) is 0.533. The SMILES string of the molecule is CNCC(C)C(=O)N1CCCc2ccc(C)cc21. The van der Waals surface area contributed by atoms with Crippen LogP contribution in [0.5, 0.6) is 0 Å². The van der Waals surface area contributed by atoms with Crippen molar-refractivity contribution in [3.05, 3.63) is 29.3 Å². The predicted octanol–water partition coefficient (Wildman–Crippen LogP) is 2.13. The van der Waals surface area contributed by atoms with Crippen LogP contribution in [0, 0.1) is 12.8 Å². The van der Waals surface area contributed by atoms with Gasteiger partial charge in [0.25, 0.3) is 0 Å². The molecule has 3 nitrogen and oxygen atoms in total. The lowest BCUT2D eigenvalue weighted by atomic mass is 9.98. The van der Waals surface area contributed by atoms with Gasteiger partial charge in [-0.25, -0.2) is 0 Å². The highest BCUT2D eigenvalue weighted by atomic mass is 16.2. The van der Waals surface area contributed by atoms with E-state index in [9.17, 15) is 4.79 Å². The zero-order valence-electron chi connectivity index (χ0n) is 11.5. The van der Waals surface area contributed by atoms with E-state index in [2.05, 4.69) is 30.4 Å². The van der Waals surface area contributed by atoms with Crippen LogP contribution in [-0.2, 0) is 11.2 Å². The monoisotopic (exact) mass is 246 g/mol. The molecule has 1 N–H and O–H groups in total. The molecule has 1 atom stereocenters. The summed E-state index contributed by atoms with van der Waals surface area (Å²) in [6, 6.07) is 6.43. The lowest BCUT2D eigenvalue weighted by Crippen LogP contribution is -2.41. The molecule has 98 valence electrons. The third-order valence-corrected chi connectivity index (χ3v) is 3.56. The van der Waals surface area contributed by atoms with Gasteiger partial charge in [0.1, 0.15) is 0 Å². The lowest BCUT2D eigenvalue weighted by molar-refractivity contribution is -0.121. The van der Waals surface area contributed by atoms with Gasteiger partial charge in [-0.05, 0) is 44.0 Å². The highest BCUT2D eigenvalue weighted by molar-refractivity contribution is 5.96. The van der Waals surface area contributed by atoms with Gasteiger partial charge in [-0.1, -0.05) is 19.1 Å². The van der Waals surface area contributed by atoms with Crippen LogP contribution in [0.2, 0.25) is 0 Å². The van der Waals surface area contributed by atoms with Crippen molar-refractivity contribution in [2.45, 2.75) is 26.7 Å². The molecule has 1 unspecified atom stereocenters. The molecule has 0 fully saturated rings. The van der Waals surface area contributed by atoms with E-state index in [0.29, 0.717) is 0 Å². The molecule has 0 aliphatic carbocycles. The molecule has 1 amide bonds. The second kappa shape index (κ2) is 5.53. The maximum absolute atomic E-state index is 12.4. The van der Waals surface area contributed by atoms with Crippen molar-refractivity contribution in [2.75, 3.05) is 25.0 Å². The lowest BCUT2D eigenvalue weighted by Gasteiger charge is -2.31. The third kappa shape index (κ3) is 2.56. The summed E-state index contributed by atoms with van der Waals surface area (Å²) in [5, 5.41) is 3.08. The summed E-state index contributed by atoms with van der Waals surface area (Å²) in [7, 11) is 1.89. The first-order valence-electron chi connectivity index (χ1n) is 6.69. The summed E-state index contributed by atoms with van der Waals surface area (Å²) < 4.78 is 0. The summed E-state index contributed by atoms with van der Waals surface area (Å²) in [6.07, 6.45) is 2.15. The second-order valence-electron chi connectivity index (χ2n) is 5.18. The zero-order chi connectivity index (χ0) is 13.1. The standard InChI is InChI=1S/C15H22N2O/c1-11-6-7-13-5-4-8-17(14(13)9-11)15(18)12(2)10-16-3/h6-7,9,12,16H,4-5,8,10H2,1-3H3. The summed E-state index contributed by atoms with van der Waals surface area (Å²) in [5.41, 5.74) is 3.64. The predicted molar refractivity (Wildman–Crippen MR) is 74.9 cm³/mol. The number of benzene rings is 1. The van der Waals surface area contributed by atoms with E-state index in [4.69, 9.17) is 0 Å². The smallest absolute Gasteiger partial charge is 0.231 e. The molecular weight excluding hydrogens is 224 g/mol. The fourth-order valence-electron chi connectivity index (χ4n) is 2.57. The fourth-order valence-corrected chi connectivity index (χ4v) is 2.57. The number of nitrogens with one attached hydrogen (secondary N) is 1. The van der Waals surface area contributed by atoms with Crippen LogP contribution in [0.4, 0.5) is 5.69 Å². The van der Waals surface area contributed by atoms with Crippen molar-refractivity contribution >= 4 is 11.6 Å². The molecule has 0 saturated carbocycles. The molecule has 0 spiro atoms. The number of nitrogens with zero attached hydrogens (tertiary/aromatic N) is 1. The number of carbonyl (C=O) groups is 1. The minimum Gasteiger partial charge on any atom is -0.319 e. The molecule has 1 aliphatic rings. The van der Waals surface area contributed by atoms with E-state index in [1.807, 2.05) is 18.9 Å². The van der Waals surface area contributed by atoms with Gasteiger partial charge in [0, 0.05) is 24.7 Å². The minimum atomic E-state index is 0.0291. The van der Waals surface area contributed by atoms with Gasteiger partial charge < -0.3 is 10.2 Å². The first kappa shape index (κ1) is 13.1. The largest absolute Gasteiger partial charge is 0.319 e. The first-order chi connectivity index (χ1) is 8.63. The summed E-state index contributed by atoms with van der Waals surface area (Å²) in [4.78, 5) is 14.4. The number of fused-ring (bicyclic) bond motifs is 1. The van der Waals surface area contributed by atoms with Crippen LogP contribution in [0.3, 0.4) is 0 Å². The Morgan fingerprint density at radius 3 is 3.00 bits per heavy atom. The van der Waals surface area contributed by atoms with Crippen LogP contribution in [-0.4, -0.2) is 26.0 Å². The van der Waals surface area contributed by atoms with Gasteiger partial charge >= 0.3 is 0 Å². The van der Waals surface area contributed by atoms with E-state index >= 15 is 0 Å². The zero-order valence-corrected chi connectivity index (χ0v) is 11.5. The number of hydrogen-bond donors (Lipinski definition) is 1. The Labute approximate surface area is 109 Å². The Morgan fingerprint density at radius 1 is 1.50 bits per heavy atom. The Balaban J connectivity index is 2.26. The molecule has 2 rings (SSSR count). The maximum Gasteiger partial charge on any atom is 0.231 e. The first-order valence-corrected chi connectivity index (χ1v) is 6.69. The molecule has 1 aromatic rings. The molecular formula is C15H22N2O. The molecule has 1 heterocycles. The highest BCUT2D eigenvalue weighted by Gasteiger charge is 2.25. The number of carbonyl (C=O) groups excluding carboxylic acids is 1. The molecule has 0 radical (unpaired) electrons. The van der Waals surface area contributed by atoms with Crippen molar-refractivity contribution in [2.24, 2.45) is 5.92 Å². The third-order valence-electron chi connectivity index (χ3n) is 3.56. The molecule has 3 heteroatoms. The molecule has 1 aliphatic heterocycles. The number of hydrogen-bond acceptors (Lipinski definition) is 2. The normalized spacial score (nSPS) is 16.3. The Morgan fingerprint density at radius 2 is 2.28 bits per heavy atom. The van der Waals surface area contributed by atoms with Crippen LogP contribution in [0.1, 0.15) is 24.5 Å². The van der Waals surface area contributed by atoms with Crippen LogP contribution in [0.25, 0.3) is 0 Å². The summed E-state index contributed by atoms with van der Waals surface area (Å²) in [6.45, 7) is 5.65. The van der Waals surface area contributed by atoms with Crippen molar-refractivity contribution in [1.29, 1.82) is 0 Å². The highest BCUT2D eigenvalue weighted by Crippen LogP contribution is 2.29. The number of anilines is 1. The van der Waals surface area contributed by atoms with E-state index in [1.165, 1.54) is 11.1 Å². The van der Waals surface area contributed by atoms with Gasteiger partial charge in [0.15, 0.2) is 0 Å². The average molecular weight is 246 g/mol. The van der Waals surface area contributed by atoms with E-state index in [-0.39, 0.29) is 11.8 Å². The summed E-state index contributed by atoms with van der Waals surface area (Å²) in [5.74, 6) is 0.261. The topological polar surface area (TPSA) is 32.3 Å². The van der Waals surface area contributed by atoms with E-state index in [0.717, 1.165) is 31.6 Å². The van der Waals surface area contributed by atoms with Crippen molar-refractivity contribution in [3.8, 4) is 0 Å². The quantitative estimate of drug-likeness (QED) is 0.886. The van der Waals surface area contributed by atoms with Crippen LogP contribution >= 0.6 is 0 Å². The summed E-state index contributed by atoms with van der Waals surface area (Å²) >= 11 is 0. The number of rotatable bonds is 3. The maximum atomic E-state index is 12.4. The number of aryl methyl sites for hydroxylation is 2. The second-order valence-corrected chi connectivity index (χ2v) is 5.18. The van der Waals surface area contributed by atoms with Crippen molar-refractivity contribution in [3.63, 3.8) is 0 Å². The van der Waals surface area contributed by atoms with E-state index in [1.54, 1.807) is 0 Å². The van der Waals surface area contributed by atoms with Gasteiger partial charge in [0.05, 0.1) is 0 Å². The van der Waals surface area contributed by atoms with Crippen molar-refractivity contribution < 1.29 is 4.79 Å². The number of amides is 1. The Bertz CT molecular complexity index is 442. The minimum absolute atomic E-state index is 0.0291. The molecule has 18 heavy (non-hydrogen) atoms. The molecule has 0 bridgehead atoms. The van der Waals surface area contributed by atoms with Gasteiger partial charge in [-0.15, -0.1) is 0 Å². The van der Waals surface area contributed by atoms with Gasteiger partial charge in [-0.2, -0.15) is 0 Å². The Kier molecular flexibility index (Phi) is 4.02.